The van der Waals surface area contributed by atoms with Crippen molar-refractivity contribution in [3.8, 4) is 0 Å². The van der Waals surface area contributed by atoms with Crippen LogP contribution in [0, 0.1) is 6.92 Å². The summed E-state index contributed by atoms with van der Waals surface area (Å²) in [6.45, 7) is 9.06. The quantitative estimate of drug-likeness (QED) is 0.577. The van der Waals surface area contributed by atoms with Crippen molar-refractivity contribution >= 4 is 6.08 Å². The van der Waals surface area contributed by atoms with Gasteiger partial charge in [0.15, 0.2) is 0 Å². The third-order valence-electron chi connectivity index (χ3n) is 2.93. The molecule has 0 saturated carbocycles. The third-order valence-corrected chi connectivity index (χ3v) is 2.93. The summed E-state index contributed by atoms with van der Waals surface area (Å²) in [6.07, 6.45) is 5.60. The average molecular weight is 186 g/mol. The van der Waals surface area contributed by atoms with Gasteiger partial charge in [0, 0.05) is 0 Å². The maximum Gasteiger partial charge on any atom is -0.00881 e. The van der Waals surface area contributed by atoms with Crippen LogP contribution < -0.4 is 0 Å². The van der Waals surface area contributed by atoms with Gasteiger partial charge in [-0.3, -0.25) is 0 Å². The van der Waals surface area contributed by atoms with Crippen molar-refractivity contribution < 1.29 is 0 Å². The Morgan fingerprint density at radius 1 is 1.14 bits per heavy atom. The van der Waals surface area contributed by atoms with E-state index in [0.717, 1.165) is 6.42 Å². The minimum Gasteiger partial charge on any atom is -0.0795 e. The number of aryl methyl sites for hydroxylation is 1. The minimum atomic E-state index is 0.259. The van der Waals surface area contributed by atoms with Crippen LogP contribution in [0.2, 0.25) is 0 Å². The van der Waals surface area contributed by atoms with Crippen molar-refractivity contribution in [3.05, 3.63) is 40.5 Å². The fourth-order valence-electron chi connectivity index (χ4n) is 2.24. The van der Waals surface area contributed by atoms with E-state index in [1.165, 1.54) is 22.3 Å². The molecule has 0 spiro atoms. The molecule has 0 N–H and O–H groups in total. The molecule has 0 aromatic heterocycles. The van der Waals surface area contributed by atoms with Crippen LogP contribution in [-0.4, -0.2) is 0 Å². The summed E-state index contributed by atoms with van der Waals surface area (Å²) in [4.78, 5) is 0. The Bertz CT molecular complexity index is 389. The molecule has 0 fully saturated rings. The summed E-state index contributed by atoms with van der Waals surface area (Å²) < 4.78 is 0. The third kappa shape index (κ3) is 1.50. The molecule has 2 rings (SSSR count). The highest BCUT2D eigenvalue weighted by Crippen LogP contribution is 2.30. The lowest BCUT2D eigenvalue weighted by Crippen LogP contribution is -2.13. The lowest BCUT2D eigenvalue weighted by molar-refractivity contribution is 0.586. The SMILES string of the molecule is Cc1cc2c(cc1C(C)(C)C)C=CC2. The van der Waals surface area contributed by atoms with E-state index in [4.69, 9.17) is 0 Å². The molecule has 0 nitrogen and oxygen atoms in total. The standard InChI is InChI=1S/C14H18/c1-10-8-11-6-5-7-12(11)9-13(10)14(2,3)4/h5,7-9H,6H2,1-4H3. The van der Waals surface area contributed by atoms with E-state index >= 15 is 0 Å². The molecule has 0 saturated heterocycles. The molecule has 0 aliphatic heterocycles. The summed E-state index contributed by atoms with van der Waals surface area (Å²) in [7, 11) is 0. The first kappa shape index (κ1) is 9.51. The van der Waals surface area contributed by atoms with E-state index in [2.05, 4.69) is 52.0 Å². The van der Waals surface area contributed by atoms with Crippen molar-refractivity contribution in [1.82, 2.24) is 0 Å². The molecule has 0 heterocycles. The molecule has 14 heavy (non-hydrogen) atoms. The van der Waals surface area contributed by atoms with Gasteiger partial charge in [0.05, 0.1) is 0 Å². The largest absolute Gasteiger partial charge is 0.0795 e. The van der Waals surface area contributed by atoms with Crippen LogP contribution in [0.25, 0.3) is 6.08 Å². The molecule has 1 aliphatic carbocycles. The molecule has 1 aliphatic rings. The van der Waals surface area contributed by atoms with E-state index < -0.39 is 0 Å². The first-order valence-corrected chi connectivity index (χ1v) is 5.29. The molecule has 0 radical (unpaired) electrons. The van der Waals surface area contributed by atoms with Crippen LogP contribution in [0.3, 0.4) is 0 Å². The maximum atomic E-state index is 2.36. The predicted molar refractivity (Wildman–Crippen MR) is 62.6 cm³/mol. The van der Waals surface area contributed by atoms with E-state index in [0.29, 0.717) is 0 Å². The van der Waals surface area contributed by atoms with E-state index in [1.54, 1.807) is 0 Å². The molecular formula is C14H18. The lowest BCUT2D eigenvalue weighted by atomic mass is 9.82. The molecule has 0 atom stereocenters. The Balaban J connectivity index is 2.57. The van der Waals surface area contributed by atoms with Crippen LogP contribution in [-0.2, 0) is 11.8 Å². The number of benzene rings is 1. The fourth-order valence-corrected chi connectivity index (χ4v) is 2.24. The summed E-state index contributed by atoms with van der Waals surface area (Å²) in [5, 5.41) is 0. The zero-order chi connectivity index (χ0) is 10.3. The molecule has 0 amide bonds. The predicted octanol–water partition coefficient (Wildman–Crippen LogP) is 3.86. The second kappa shape index (κ2) is 2.98. The second-order valence-corrected chi connectivity index (χ2v) is 5.22. The van der Waals surface area contributed by atoms with E-state index in [-0.39, 0.29) is 5.41 Å². The van der Waals surface area contributed by atoms with Crippen LogP contribution in [0.5, 0.6) is 0 Å². The van der Waals surface area contributed by atoms with Crippen LogP contribution in [0.15, 0.2) is 18.2 Å². The smallest absolute Gasteiger partial charge is 0.00881 e. The molecule has 1 aromatic rings. The van der Waals surface area contributed by atoms with Crippen molar-refractivity contribution in [1.29, 1.82) is 0 Å². The van der Waals surface area contributed by atoms with Gasteiger partial charge in [-0.1, -0.05) is 45.1 Å². The van der Waals surface area contributed by atoms with Gasteiger partial charge in [0.2, 0.25) is 0 Å². The molecule has 0 heteroatoms. The van der Waals surface area contributed by atoms with Crippen LogP contribution >= 0.6 is 0 Å². The van der Waals surface area contributed by atoms with Crippen molar-refractivity contribution in [3.63, 3.8) is 0 Å². The zero-order valence-electron chi connectivity index (χ0n) is 9.52. The molecule has 0 bridgehead atoms. The van der Waals surface area contributed by atoms with Gasteiger partial charge in [0.1, 0.15) is 0 Å². The normalized spacial score (nSPS) is 14.6. The average Bonchev–Trinajstić information content (AvgIpc) is 2.47. The van der Waals surface area contributed by atoms with Crippen molar-refractivity contribution in [2.45, 2.75) is 39.5 Å². The van der Waals surface area contributed by atoms with Gasteiger partial charge in [-0.15, -0.1) is 0 Å². The second-order valence-electron chi connectivity index (χ2n) is 5.22. The first-order valence-electron chi connectivity index (χ1n) is 5.29. The maximum absolute atomic E-state index is 2.36. The summed E-state index contributed by atoms with van der Waals surface area (Å²) in [6, 6.07) is 4.70. The topological polar surface area (TPSA) is 0 Å². The molecule has 1 aromatic carbocycles. The Hall–Kier alpha value is -1.04. The molecule has 0 unspecified atom stereocenters. The van der Waals surface area contributed by atoms with Gasteiger partial charge in [-0.05, 0) is 41.0 Å². The van der Waals surface area contributed by atoms with Gasteiger partial charge in [-0.25, -0.2) is 0 Å². The molecule has 74 valence electrons. The van der Waals surface area contributed by atoms with E-state index in [9.17, 15) is 0 Å². The van der Waals surface area contributed by atoms with Gasteiger partial charge in [-0.2, -0.15) is 0 Å². The molecular weight excluding hydrogens is 168 g/mol. The summed E-state index contributed by atoms with van der Waals surface area (Å²) >= 11 is 0. The highest BCUT2D eigenvalue weighted by molar-refractivity contribution is 5.62. The van der Waals surface area contributed by atoms with Gasteiger partial charge < -0.3 is 0 Å². The monoisotopic (exact) mass is 186 g/mol. The zero-order valence-corrected chi connectivity index (χ0v) is 9.52. The number of fused-ring (bicyclic) bond motifs is 1. The number of hydrogen-bond acceptors (Lipinski definition) is 0. The van der Waals surface area contributed by atoms with Gasteiger partial charge >= 0.3 is 0 Å². The summed E-state index contributed by atoms with van der Waals surface area (Å²) in [5.41, 5.74) is 6.06. The van der Waals surface area contributed by atoms with E-state index in [1.807, 2.05) is 0 Å². The Kier molecular flexibility index (Phi) is 2.02. The van der Waals surface area contributed by atoms with Gasteiger partial charge in [0.25, 0.3) is 0 Å². The van der Waals surface area contributed by atoms with Crippen LogP contribution in [0.1, 0.15) is 43.0 Å². The summed E-state index contributed by atoms with van der Waals surface area (Å²) in [5.74, 6) is 0. The first-order chi connectivity index (χ1) is 6.48. The Morgan fingerprint density at radius 2 is 1.86 bits per heavy atom. The minimum absolute atomic E-state index is 0.259. The lowest BCUT2D eigenvalue weighted by Gasteiger charge is -2.22. The van der Waals surface area contributed by atoms with Crippen molar-refractivity contribution in [2.75, 3.05) is 0 Å². The number of hydrogen-bond donors (Lipinski definition) is 0. The Morgan fingerprint density at radius 3 is 2.50 bits per heavy atom. The van der Waals surface area contributed by atoms with Crippen LogP contribution in [0.4, 0.5) is 0 Å². The van der Waals surface area contributed by atoms with Crippen molar-refractivity contribution in [2.24, 2.45) is 0 Å². The fraction of sp³-hybridized carbons (Fsp3) is 0.429. The number of rotatable bonds is 0. The number of allylic oxidation sites excluding steroid dienone is 1. The Labute approximate surface area is 86.7 Å². The highest BCUT2D eigenvalue weighted by Gasteiger charge is 2.18. The highest BCUT2D eigenvalue weighted by atomic mass is 14.2.